The van der Waals surface area contributed by atoms with E-state index in [4.69, 9.17) is 0 Å². The van der Waals surface area contributed by atoms with Crippen LogP contribution in [0.2, 0.25) is 0 Å². The van der Waals surface area contributed by atoms with Crippen LogP contribution in [0.4, 0.5) is 5.82 Å². The number of nitrogens with zero attached hydrogens (tertiary/aromatic N) is 4. The van der Waals surface area contributed by atoms with Crippen LogP contribution in [0.5, 0.6) is 0 Å². The van der Waals surface area contributed by atoms with Crippen molar-refractivity contribution in [3.8, 4) is 11.5 Å². The van der Waals surface area contributed by atoms with Gasteiger partial charge in [-0.3, -0.25) is 4.79 Å². The van der Waals surface area contributed by atoms with E-state index in [1.54, 1.807) is 0 Å². The Kier molecular flexibility index (Phi) is 5.38. The van der Waals surface area contributed by atoms with Crippen molar-refractivity contribution in [1.82, 2.24) is 24.4 Å². The highest BCUT2D eigenvalue weighted by Gasteiger charge is 2.06. The number of aryl methyl sites for hydroxylation is 1. The molecule has 1 amide bonds. The minimum absolute atomic E-state index is 0.0993. The van der Waals surface area contributed by atoms with E-state index in [9.17, 15) is 4.79 Å². The van der Waals surface area contributed by atoms with Gasteiger partial charge in [0.15, 0.2) is 0 Å². The van der Waals surface area contributed by atoms with Crippen LogP contribution in [-0.4, -0.2) is 38.1 Å². The molecule has 1 aromatic carbocycles. The van der Waals surface area contributed by atoms with Crippen LogP contribution in [0.15, 0.2) is 79.4 Å². The summed E-state index contributed by atoms with van der Waals surface area (Å²) in [7, 11) is 0. The lowest BCUT2D eigenvalue weighted by Crippen LogP contribution is -2.29. The summed E-state index contributed by atoms with van der Waals surface area (Å²) in [6, 6.07) is 17.2. The Morgan fingerprint density at radius 2 is 1.55 bits per heavy atom. The molecule has 0 bridgehead atoms. The van der Waals surface area contributed by atoms with Gasteiger partial charge in [-0.1, -0.05) is 0 Å². The van der Waals surface area contributed by atoms with Crippen molar-refractivity contribution in [3.05, 3.63) is 90.8 Å². The summed E-state index contributed by atoms with van der Waals surface area (Å²) in [6.07, 6.45) is 7.81. The van der Waals surface area contributed by atoms with Gasteiger partial charge < -0.3 is 19.8 Å². The molecule has 0 aliphatic carbocycles. The minimum Gasteiger partial charge on any atom is -0.368 e. The SMILES string of the molecule is Cc1nc(NCCNC(=O)c2ccc(-n3cccc3)cc2)cc(-n2cccc2)n1. The second kappa shape index (κ2) is 8.43. The first kappa shape index (κ1) is 18.5. The van der Waals surface area contributed by atoms with Crippen molar-refractivity contribution in [2.24, 2.45) is 0 Å². The summed E-state index contributed by atoms with van der Waals surface area (Å²) in [5, 5.41) is 6.16. The number of amides is 1. The van der Waals surface area contributed by atoms with Gasteiger partial charge in [0.05, 0.1) is 0 Å². The molecular weight excluding hydrogens is 364 g/mol. The molecule has 0 radical (unpaired) electrons. The Morgan fingerprint density at radius 3 is 2.24 bits per heavy atom. The zero-order chi connectivity index (χ0) is 20.1. The second-order valence-corrected chi connectivity index (χ2v) is 6.57. The number of nitrogens with one attached hydrogen (secondary N) is 2. The maximum absolute atomic E-state index is 12.3. The summed E-state index contributed by atoms with van der Waals surface area (Å²) in [5.41, 5.74) is 1.65. The van der Waals surface area contributed by atoms with Crippen molar-refractivity contribution in [2.45, 2.75) is 6.92 Å². The summed E-state index contributed by atoms with van der Waals surface area (Å²) in [5.74, 6) is 2.12. The number of benzene rings is 1. The highest BCUT2D eigenvalue weighted by Crippen LogP contribution is 2.12. The third kappa shape index (κ3) is 4.52. The van der Waals surface area contributed by atoms with Crippen molar-refractivity contribution < 1.29 is 4.79 Å². The molecule has 0 aliphatic rings. The van der Waals surface area contributed by atoms with Crippen LogP contribution in [0.3, 0.4) is 0 Å². The maximum atomic E-state index is 12.3. The molecule has 0 unspecified atom stereocenters. The van der Waals surface area contributed by atoms with E-state index in [2.05, 4.69) is 20.6 Å². The third-order valence-corrected chi connectivity index (χ3v) is 4.44. The van der Waals surface area contributed by atoms with Crippen LogP contribution in [0.25, 0.3) is 11.5 Å². The molecule has 4 rings (SSSR count). The Bertz CT molecular complexity index is 1070. The Morgan fingerprint density at radius 1 is 0.897 bits per heavy atom. The molecule has 3 aromatic heterocycles. The first-order valence-corrected chi connectivity index (χ1v) is 9.43. The molecule has 0 saturated heterocycles. The quantitative estimate of drug-likeness (QED) is 0.478. The van der Waals surface area contributed by atoms with Crippen molar-refractivity contribution in [3.63, 3.8) is 0 Å². The van der Waals surface area contributed by atoms with E-state index in [1.165, 1.54) is 0 Å². The normalized spacial score (nSPS) is 10.7. The van der Waals surface area contributed by atoms with Crippen LogP contribution >= 0.6 is 0 Å². The molecule has 0 aliphatic heterocycles. The predicted octanol–water partition coefficient (Wildman–Crippen LogP) is 3.21. The van der Waals surface area contributed by atoms with Crippen LogP contribution in [0, 0.1) is 6.92 Å². The van der Waals surface area contributed by atoms with Crippen LogP contribution in [-0.2, 0) is 0 Å². The minimum atomic E-state index is -0.0993. The highest BCUT2D eigenvalue weighted by molar-refractivity contribution is 5.94. The van der Waals surface area contributed by atoms with Gasteiger partial charge in [-0.2, -0.15) is 0 Å². The van der Waals surface area contributed by atoms with Crippen molar-refractivity contribution >= 4 is 11.7 Å². The predicted molar refractivity (Wildman–Crippen MR) is 113 cm³/mol. The van der Waals surface area contributed by atoms with Gasteiger partial charge in [0.1, 0.15) is 17.5 Å². The molecule has 0 spiro atoms. The summed E-state index contributed by atoms with van der Waals surface area (Å²) in [6.45, 7) is 2.91. The standard InChI is InChI=1S/C22H22N6O/c1-17-25-20(16-21(26-17)28-14-4-5-15-28)23-10-11-24-22(29)18-6-8-19(9-7-18)27-12-2-3-13-27/h2-9,12-16H,10-11H2,1H3,(H,24,29)(H,23,25,26). The first-order chi connectivity index (χ1) is 14.2. The van der Waals surface area contributed by atoms with Gasteiger partial charge in [0.25, 0.3) is 5.91 Å². The van der Waals surface area contributed by atoms with Crippen LogP contribution in [0.1, 0.15) is 16.2 Å². The fourth-order valence-electron chi connectivity index (χ4n) is 3.02. The summed E-state index contributed by atoms with van der Waals surface area (Å²) < 4.78 is 3.93. The van der Waals surface area contributed by atoms with Crippen molar-refractivity contribution in [2.75, 3.05) is 18.4 Å². The van der Waals surface area contributed by atoms with Crippen molar-refractivity contribution in [1.29, 1.82) is 0 Å². The lowest BCUT2D eigenvalue weighted by atomic mass is 10.2. The van der Waals surface area contributed by atoms with E-state index in [-0.39, 0.29) is 5.91 Å². The van der Waals surface area contributed by atoms with E-state index >= 15 is 0 Å². The molecule has 29 heavy (non-hydrogen) atoms. The summed E-state index contributed by atoms with van der Waals surface area (Å²) in [4.78, 5) is 21.2. The smallest absolute Gasteiger partial charge is 0.251 e. The van der Waals surface area contributed by atoms with Gasteiger partial charge in [0, 0.05) is 55.2 Å². The number of carbonyl (C=O) groups is 1. The number of rotatable bonds is 7. The topological polar surface area (TPSA) is 76.8 Å². The van der Waals surface area contributed by atoms with Gasteiger partial charge in [0.2, 0.25) is 0 Å². The fraction of sp³-hybridized carbons (Fsp3) is 0.136. The molecule has 7 nitrogen and oxygen atoms in total. The molecule has 0 saturated carbocycles. The van der Waals surface area contributed by atoms with E-state index in [1.807, 2.05) is 95.4 Å². The molecule has 0 fully saturated rings. The molecular formula is C22H22N6O. The fourth-order valence-corrected chi connectivity index (χ4v) is 3.02. The number of hydrogen-bond donors (Lipinski definition) is 2. The average molecular weight is 386 g/mol. The number of hydrogen-bond acceptors (Lipinski definition) is 4. The second-order valence-electron chi connectivity index (χ2n) is 6.57. The molecule has 0 atom stereocenters. The molecule has 7 heteroatoms. The monoisotopic (exact) mass is 386 g/mol. The number of carbonyl (C=O) groups excluding carboxylic acids is 1. The summed E-state index contributed by atoms with van der Waals surface area (Å²) >= 11 is 0. The number of aromatic nitrogens is 4. The van der Waals surface area contributed by atoms with E-state index in [0.717, 1.165) is 17.3 Å². The lowest BCUT2D eigenvalue weighted by molar-refractivity contribution is 0.0955. The molecule has 146 valence electrons. The number of anilines is 1. The largest absolute Gasteiger partial charge is 0.368 e. The van der Waals surface area contributed by atoms with Gasteiger partial charge in [-0.15, -0.1) is 0 Å². The zero-order valence-corrected chi connectivity index (χ0v) is 16.1. The lowest BCUT2D eigenvalue weighted by Gasteiger charge is -2.10. The Hall–Kier alpha value is -3.87. The van der Waals surface area contributed by atoms with Crippen LogP contribution < -0.4 is 10.6 Å². The van der Waals surface area contributed by atoms with E-state index < -0.39 is 0 Å². The molecule has 4 aromatic rings. The average Bonchev–Trinajstić information content (AvgIpc) is 3.45. The maximum Gasteiger partial charge on any atom is 0.251 e. The highest BCUT2D eigenvalue weighted by atomic mass is 16.1. The van der Waals surface area contributed by atoms with Gasteiger partial charge >= 0.3 is 0 Å². The van der Waals surface area contributed by atoms with E-state index in [0.29, 0.717) is 24.5 Å². The Labute approximate surface area is 169 Å². The molecule has 2 N–H and O–H groups in total. The Balaban J connectivity index is 1.30. The first-order valence-electron chi connectivity index (χ1n) is 9.43. The third-order valence-electron chi connectivity index (χ3n) is 4.44. The van der Waals surface area contributed by atoms with Gasteiger partial charge in [-0.05, 0) is 55.5 Å². The van der Waals surface area contributed by atoms with Gasteiger partial charge in [-0.25, -0.2) is 9.97 Å². The zero-order valence-electron chi connectivity index (χ0n) is 16.1. The molecule has 3 heterocycles.